The maximum atomic E-state index is 11.4. The van der Waals surface area contributed by atoms with E-state index in [-0.39, 0.29) is 11.6 Å². The lowest BCUT2D eigenvalue weighted by atomic mass is 10.2. The Morgan fingerprint density at radius 3 is 2.50 bits per heavy atom. The third-order valence-corrected chi connectivity index (χ3v) is 1.19. The van der Waals surface area contributed by atoms with Gasteiger partial charge in [0, 0.05) is 0 Å². The minimum atomic E-state index is -0.558. The van der Waals surface area contributed by atoms with Crippen molar-refractivity contribution in [3.05, 3.63) is 11.9 Å². The van der Waals surface area contributed by atoms with E-state index in [0.29, 0.717) is 0 Å². The molecule has 1 rings (SSSR count). The predicted octanol–water partition coefficient (Wildman–Crippen LogP) is 0.409. The Labute approximate surface area is 81.5 Å². The highest BCUT2D eigenvalue weighted by molar-refractivity contribution is 5.86. The van der Waals surface area contributed by atoms with Gasteiger partial charge in [0.1, 0.15) is 5.60 Å². The van der Waals surface area contributed by atoms with Crippen LogP contribution in [0.3, 0.4) is 0 Å². The monoisotopic (exact) mass is 196 g/mol. The Morgan fingerprint density at radius 2 is 2.07 bits per heavy atom. The maximum Gasteiger partial charge on any atom is 0.361 e. The van der Waals surface area contributed by atoms with Crippen molar-refractivity contribution in [1.82, 2.24) is 15.2 Å². The molecule has 0 aromatic carbocycles. The minimum Gasteiger partial charge on any atom is -0.455 e. The van der Waals surface area contributed by atoms with Crippen LogP contribution in [-0.4, -0.2) is 26.8 Å². The van der Waals surface area contributed by atoms with Crippen LogP contribution in [0.4, 0.5) is 5.95 Å². The summed E-state index contributed by atoms with van der Waals surface area (Å²) in [5, 5.41) is 7.00. The Bertz CT molecular complexity index is 328. The van der Waals surface area contributed by atoms with Crippen molar-refractivity contribution in [3.63, 3.8) is 0 Å². The molecule has 14 heavy (non-hydrogen) atoms. The van der Waals surface area contributed by atoms with Crippen molar-refractivity contribution in [2.75, 3.05) is 5.73 Å². The highest BCUT2D eigenvalue weighted by Crippen LogP contribution is 2.09. The Kier molecular flexibility index (Phi) is 2.64. The van der Waals surface area contributed by atoms with Gasteiger partial charge in [0.05, 0.1) is 6.20 Å². The smallest absolute Gasteiger partial charge is 0.361 e. The Balaban J connectivity index is 2.76. The van der Waals surface area contributed by atoms with E-state index in [0.717, 1.165) is 0 Å². The molecule has 0 spiro atoms. The van der Waals surface area contributed by atoms with Gasteiger partial charge in [0.25, 0.3) is 0 Å². The summed E-state index contributed by atoms with van der Waals surface area (Å²) in [6.07, 6.45) is 1.23. The molecule has 0 aliphatic carbocycles. The van der Waals surface area contributed by atoms with Crippen molar-refractivity contribution in [1.29, 1.82) is 0 Å². The number of hydrogen-bond acceptors (Lipinski definition) is 6. The van der Waals surface area contributed by atoms with Crippen LogP contribution in [0.15, 0.2) is 6.20 Å². The summed E-state index contributed by atoms with van der Waals surface area (Å²) < 4.78 is 5.04. The zero-order chi connectivity index (χ0) is 10.8. The van der Waals surface area contributed by atoms with E-state index in [4.69, 9.17) is 10.5 Å². The van der Waals surface area contributed by atoms with Crippen molar-refractivity contribution in [3.8, 4) is 0 Å². The Morgan fingerprint density at radius 1 is 1.43 bits per heavy atom. The zero-order valence-corrected chi connectivity index (χ0v) is 8.31. The van der Waals surface area contributed by atoms with Crippen LogP contribution in [0, 0.1) is 0 Å². The van der Waals surface area contributed by atoms with E-state index in [9.17, 15) is 4.79 Å². The van der Waals surface area contributed by atoms with Crippen LogP contribution in [0.5, 0.6) is 0 Å². The van der Waals surface area contributed by atoms with Crippen molar-refractivity contribution >= 4 is 11.9 Å². The molecule has 1 aromatic rings. The molecular formula is C8H12N4O2. The number of carbonyl (C=O) groups excluding carboxylic acids is 1. The molecule has 1 aromatic heterocycles. The zero-order valence-electron chi connectivity index (χ0n) is 8.31. The molecule has 0 fully saturated rings. The first-order valence-corrected chi connectivity index (χ1v) is 4.07. The minimum absolute atomic E-state index is 0.0253. The average Bonchev–Trinajstić information content (AvgIpc) is 2.02. The number of ether oxygens (including phenoxy) is 1. The van der Waals surface area contributed by atoms with Crippen LogP contribution in [0.25, 0.3) is 0 Å². The van der Waals surface area contributed by atoms with Gasteiger partial charge in [-0.1, -0.05) is 0 Å². The summed E-state index contributed by atoms with van der Waals surface area (Å²) in [5.41, 5.74) is 4.71. The van der Waals surface area contributed by atoms with Gasteiger partial charge >= 0.3 is 5.97 Å². The molecule has 6 heteroatoms. The fraction of sp³-hybridized carbons (Fsp3) is 0.500. The highest BCUT2D eigenvalue weighted by atomic mass is 16.6. The van der Waals surface area contributed by atoms with Gasteiger partial charge < -0.3 is 10.5 Å². The fourth-order valence-electron chi connectivity index (χ4n) is 0.708. The molecule has 0 amide bonds. The summed E-state index contributed by atoms with van der Waals surface area (Å²) in [6, 6.07) is 0. The number of nitrogens with zero attached hydrogens (tertiary/aromatic N) is 3. The van der Waals surface area contributed by atoms with Gasteiger partial charge in [0.2, 0.25) is 5.95 Å². The number of nitrogen functional groups attached to an aromatic ring is 1. The van der Waals surface area contributed by atoms with E-state index < -0.39 is 11.6 Å². The number of esters is 1. The normalized spacial score (nSPS) is 11.1. The fourth-order valence-corrected chi connectivity index (χ4v) is 0.708. The lowest BCUT2D eigenvalue weighted by Crippen LogP contribution is -2.24. The third-order valence-electron chi connectivity index (χ3n) is 1.19. The number of nitrogens with two attached hydrogens (primary N) is 1. The van der Waals surface area contributed by atoms with Crippen molar-refractivity contribution in [2.45, 2.75) is 26.4 Å². The maximum absolute atomic E-state index is 11.4. The third kappa shape index (κ3) is 2.96. The number of hydrogen-bond donors (Lipinski definition) is 1. The van der Waals surface area contributed by atoms with E-state index in [1.165, 1.54) is 6.20 Å². The van der Waals surface area contributed by atoms with E-state index in [2.05, 4.69) is 15.2 Å². The standard InChI is InChI=1S/C8H12N4O2/c1-8(2,3)14-6(13)5-4-10-7(9)12-11-5/h4H,1-3H3,(H2,9,10,12). The van der Waals surface area contributed by atoms with Crippen molar-refractivity contribution < 1.29 is 9.53 Å². The average molecular weight is 196 g/mol. The topological polar surface area (TPSA) is 91.0 Å². The number of aromatic nitrogens is 3. The van der Waals surface area contributed by atoms with Crippen LogP contribution in [-0.2, 0) is 4.74 Å². The molecule has 0 saturated heterocycles. The summed E-state index contributed by atoms with van der Waals surface area (Å²) in [5.74, 6) is -0.533. The van der Waals surface area contributed by atoms with E-state index in [1.54, 1.807) is 20.8 Å². The summed E-state index contributed by atoms with van der Waals surface area (Å²) in [4.78, 5) is 15.0. The Hall–Kier alpha value is -1.72. The van der Waals surface area contributed by atoms with Crippen LogP contribution in [0.1, 0.15) is 31.3 Å². The summed E-state index contributed by atoms with van der Waals surface area (Å²) in [7, 11) is 0. The van der Waals surface area contributed by atoms with E-state index in [1.807, 2.05) is 0 Å². The molecular weight excluding hydrogens is 184 g/mol. The van der Waals surface area contributed by atoms with Crippen molar-refractivity contribution in [2.24, 2.45) is 0 Å². The number of rotatable bonds is 1. The molecule has 0 radical (unpaired) electrons. The van der Waals surface area contributed by atoms with Crippen LogP contribution < -0.4 is 5.73 Å². The van der Waals surface area contributed by atoms with Gasteiger partial charge in [0.15, 0.2) is 5.69 Å². The quantitative estimate of drug-likeness (QED) is 0.654. The van der Waals surface area contributed by atoms with Gasteiger partial charge in [-0.15, -0.1) is 10.2 Å². The first kappa shape index (κ1) is 10.4. The predicted molar refractivity (Wildman–Crippen MR) is 49.4 cm³/mol. The molecule has 0 aliphatic rings. The van der Waals surface area contributed by atoms with E-state index >= 15 is 0 Å². The van der Waals surface area contributed by atoms with Gasteiger partial charge in [-0.3, -0.25) is 0 Å². The lowest BCUT2D eigenvalue weighted by molar-refractivity contribution is 0.00611. The first-order valence-electron chi connectivity index (χ1n) is 4.07. The second-order valence-electron chi connectivity index (χ2n) is 3.70. The molecule has 76 valence electrons. The summed E-state index contributed by atoms with van der Waals surface area (Å²) in [6.45, 7) is 5.30. The first-order chi connectivity index (χ1) is 6.38. The second-order valence-corrected chi connectivity index (χ2v) is 3.70. The molecule has 2 N–H and O–H groups in total. The molecule has 0 atom stereocenters. The lowest BCUT2D eigenvalue weighted by Gasteiger charge is -2.18. The molecule has 0 saturated carbocycles. The van der Waals surface area contributed by atoms with Gasteiger partial charge in [-0.25, -0.2) is 9.78 Å². The van der Waals surface area contributed by atoms with Crippen LogP contribution >= 0.6 is 0 Å². The number of carbonyl (C=O) groups is 1. The molecule has 0 aliphatic heterocycles. The number of anilines is 1. The van der Waals surface area contributed by atoms with Gasteiger partial charge in [-0.2, -0.15) is 0 Å². The van der Waals surface area contributed by atoms with Gasteiger partial charge in [-0.05, 0) is 20.8 Å². The van der Waals surface area contributed by atoms with Crippen LogP contribution in [0.2, 0.25) is 0 Å². The second kappa shape index (κ2) is 3.57. The molecule has 1 heterocycles. The highest BCUT2D eigenvalue weighted by Gasteiger charge is 2.19. The molecule has 6 nitrogen and oxygen atoms in total. The molecule has 0 unspecified atom stereocenters. The summed E-state index contributed by atoms with van der Waals surface area (Å²) >= 11 is 0. The SMILES string of the molecule is CC(C)(C)OC(=O)c1cnc(N)nn1. The largest absolute Gasteiger partial charge is 0.455 e. The molecule has 0 bridgehead atoms.